The predicted octanol–water partition coefficient (Wildman–Crippen LogP) is 3.48. The highest BCUT2D eigenvalue weighted by atomic mass is 19.3. The van der Waals surface area contributed by atoms with Crippen LogP contribution >= 0.6 is 0 Å². The van der Waals surface area contributed by atoms with E-state index in [2.05, 4.69) is 10.4 Å². The van der Waals surface area contributed by atoms with Crippen LogP contribution in [0.5, 0.6) is 0 Å². The number of carbonyl (C=O) groups is 1. The summed E-state index contributed by atoms with van der Waals surface area (Å²) in [5.74, 6) is 0.223. The minimum atomic E-state index is -2.65. The lowest BCUT2D eigenvalue weighted by Gasteiger charge is -2.37. The molecule has 3 heterocycles. The number of hydrogen-bond donors (Lipinski definition) is 2. The van der Waals surface area contributed by atoms with E-state index in [0.717, 1.165) is 29.7 Å². The van der Waals surface area contributed by atoms with Gasteiger partial charge in [0.15, 0.2) is 0 Å². The fraction of sp³-hybridized carbons (Fsp3) is 0.435. The van der Waals surface area contributed by atoms with Crippen LogP contribution in [0.15, 0.2) is 35.8 Å². The smallest absolute Gasteiger partial charge is 0.264 e. The monoisotopic (exact) mass is 442 g/mol. The van der Waals surface area contributed by atoms with Gasteiger partial charge in [-0.25, -0.2) is 8.78 Å². The Morgan fingerprint density at radius 3 is 2.66 bits per heavy atom. The third-order valence-electron chi connectivity index (χ3n) is 6.27. The van der Waals surface area contributed by atoms with Crippen LogP contribution in [0.3, 0.4) is 0 Å². The lowest BCUT2D eigenvalue weighted by molar-refractivity contribution is -0.128. The summed E-state index contributed by atoms with van der Waals surface area (Å²) in [6.45, 7) is 3.03. The molecule has 2 aliphatic heterocycles. The van der Waals surface area contributed by atoms with Crippen LogP contribution in [0.2, 0.25) is 0 Å². The van der Waals surface area contributed by atoms with Gasteiger partial charge in [-0.2, -0.15) is 5.10 Å². The van der Waals surface area contributed by atoms with E-state index in [1.165, 1.54) is 13.0 Å². The largest absolute Gasteiger partial charge is 0.391 e. The maximum absolute atomic E-state index is 14.1. The molecule has 0 radical (unpaired) electrons. The molecule has 2 aromatic rings. The number of amides is 1. The van der Waals surface area contributed by atoms with Crippen molar-refractivity contribution < 1.29 is 13.6 Å². The standard InChI is InChI=1S/C23H28F2N6O/c1-14(32)30-8-6-20(27-2)19(13-30)23(26)31-7-4-5-15-9-17(16-11-28-29(3)12-16)18(22(24)25)10-21(15)31/h9-12,22,26-27H,4-8,13H2,1-3H3. The zero-order valence-corrected chi connectivity index (χ0v) is 18.6. The Bertz CT molecular complexity index is 1090. The molecule has 1 aromatic carbocycles. The number of anilines is 1. The van der Waals surface area contributed by atoms with Crippen LogP contribution < -0.4 is 10.2 Å². The number of carbonyl (C=O) groups excluding carboxylic acids is 1. The van der Waals surface area contributed by atoms with Crippen molar-refractivity contribution in [2.45, 2.75) is 32.6 Å². The number of hydrogen-bond acceptors (Lipinski definition) is 4. The number of amidine groups is 1. The second kappa shape index (κ2) is 8.72. The summed E-state index contributed by atoms with van der Waals surface area (Å²) in [5.41, 5.74) is 4.31. The molecule has 0 saturated heterocycles. The summed E-state index contributed by atoms with van der Waals surface area (Å²) in [4.78, 5) is 15.5. The van der Waals surface area contributed by atoms with E-state index in [0.29, 0.717) is 42.9 Å². The Morgan fingerprint density at radius 1 is 1.25 bits per heavy atom. The van der Waals surface area contributed by atoms with Crippen molar-refractivity contribution in [3.63, 3.8) is 0 Å². The normalized spacial score (nSPS) is 16.4. The average molecular weight is 443 g/mol. The SMILES string of the molecule is CNC1=C(C(=N)N2CCCc3cc(-c4cnn(C)c4)c(C(F)F)cc32)CN(C(C)=O)CC1. The van der Waals surface area contributed by atoms with Crippen molar-refractivity contribution in [2.75, 3.05) is 31.6 Å². The fourth-order valence-corrected chi connectivity index (χ4v) is 4.56. The number of benzene rings is 1. The molecule has 170 valence electrons. The Hall–Kier alpha value is -3.23. The molecule has 2 aliphatic rings. The molecule has 0 atom stereocenters. The quantitative estimate of drug-likeness (QED) is 0.562. The van der Waals surface area contributed by atoms with Crippen LogP contribution in [0.25, 0.3) is 11.1 Å². The molecule has 0 bridgehead atoms. The van der Waals surface area contributed by atoms with Crippen LogP contribution in [0, 0.1) is 5.41 Å². The molecule has 0 aliphatic carbocycles. The molecular weight excluding hydrogens is 414 g/mol. The van der Waals surface area contributed by atoms with E-state index in [9.17, 15) is 13.6 Å². The van der Waals surface area contributed by atoms with Gasteiger partial charge in [0, 0.05) is 74.8 Å². The van der Waals surface area contributed by atoms with Gasteiger partial charge in [-0.1, -0.05) is 0 Å². The third kappa shape index (κ3) is 3.99. The summed E-state index contributed by atoms with van der Waals surface area (Å²) in [6, 6.07) is 3.35. The summed E-state index contributed by atoms with van der Waals surface area (Å²) in [5, 5.41) is 16.3. The topological polar surface area (TPSA) is 77.2 Å². The maximum Gasteiger partial charge on any atom is 0.264 e. The van der Waals surface area contributed by atoms with Gasteiger partial charge >= 0.3 is 0 Å². The molecule has 0 fully saturated rings. The fourth-order valence-electron chi connectivity index (χ4n) is 4.56. The molecule has 0 saturated carbocycles. The number of halogens is 2. The van der Waals surface area contributed by atoms with Gasteiger partial charge in [0.2, 0.25) is 5.91 Å². The molecule has 0 spiro atoms. The Kier molecular flexibility index (Phi) is 5.99. The molecule has 32 heavy (non-hydrogen) atoms. The molecule has 9 heteroatoms. The van der Waals surface area contributed by atoms with Crippen molar-refractivity contribution >= 4 is 17.4 Å². The highest BCUT2D eigenvalue weighted by molar-refractivity contribution is 6.09. The Balaban J connectivity index is 1.76. The minimum Gasteiger partial charge on any atom is -0.391 e. The molecule has 4 rings (SSSR count). The van der Waals surface area contributed by atoms with Crippen molar-refractivity contribution in [3.05, 3.63) is 46.9 Å². The van der Waals surface area contributed by atoms with Gasteiger partial charge in [-0.15, -0.1) is 0 Å². The van der Waals surface area contributed by atoms with Crippen molar-refractivity contribution in [2.24, 2.45) is 7.05 Å². The van der Waals surface area contributed by atoms with Crippen molar-refractivity contribution in [3.8, 4) is 11.1 Å². The summed E-state index contributed by atoms with van der Waals surface area (Å²) in [6.07, 6.45) is 2.89. The summed E-state index contributed by atoms with van der Waals surface area (Å²) < 4.78 is 29.7. The highest BCUT2D eigenvalue weighted by Crippen LogP contribution is 2.39. The first-order chi connectivity index (χ1) is 15.3. The van der Waals surface area contributed by atoms with Crippen LogP contribution in [0.4, 0.5) is 14.5 Å². The second-order valence-corrected chi connectivity index (χ2v) is 8.27. The van der Waals surface area contributed by atoms with Crippen LogP contribution in [-0.2, 0) is 18.3 Å². The first-order valence-corrected chi connectivity index (χ1v) is 10.8. The first-order valence-electron chi connectivity index (χ1n) is 10.8. The molecular formula is C23H28F2N6O. The van der Waals surface area contributed by atoms with E-state index < -0.39 is 6.43 Å². The number of nitrogens with zero attached hydrogens (tertiary/aromatic N) is 4. The summed E-state index contributed by atoms with van der Waals surface area (Å²) >= 11 is 0. The molecule has 1 aromatic heterocycles. The second-order valence-electron chi connectivity index (χ2n) is 8.27. The molecule has 0 unspecified atom stereocenters. The van der Waals surface area contributed by atoms with Gasteiger partial charge < -0.3 is 15.1 Å². The number of alkyl halides is 2. The van der Waals surface area contributed by atoms with Gasteiger partial charge in [-0.05, 0) is 36.1 Å². The van der Waals surface area contributed by atoms with Gasteiger partial charge in [0.05, 0.1) is 12.7 Å². The predicted molar refractivity (Wildman–Crippen MR) is 120 cm³/mol. The highest BCUT2D eigenvalue weighted by Gasteiger charge is 2.30. The average Bonchev–Trinajstić information content (AvgIpc) is 3.22. The number of aryl methyl sites for hydroxylation is 2. The maximum atomic E-state index is 14.1. The lowest BCUT2D eigenvalue weighted by Crippen LogP contribution is -2.44. The zero-order chi connectivity index (χ0) is 23.0. The molecule has 2 N–H and O–H groups in total. The van der Waals surface area contributed by atoms with E-state index in [4.69, 9.17) is 5.41 Å². The number of aromatic nitrogens is 2. The molecule has 7 nitrogen and oxygen atoms in total. The number of nitrogens with one attached hydrogen (secondary N) is 2. The Morgan fingerprint density at radius 2 is 2.03 bits per heavy atom. The zero-order valence-electron chi connectivity index (χ0n) is 18.6. The van der Waals surface area contributed by atoms with E-state index in [-0.39, 0.29) is 17.3 Å². The van der Waals surface area contributed by atoms with E-state index in [1.54, 1.807) is 29.0 Å². The molecule has 1 amide bonds. The van der Waals surface area contributed by atoms with Crippen molar-refractivity contribution in [1.29, 1.82) is 5.41 Å². The van der Waals surface area contributed by atoms with Gasteiger partial charge in [0.25, 0.3) is 6.43 Å². The first kappa shape index (κ1) is 22.0. The summed E-state index contributed by atoms with van der Waals surface area (Å²) in [7, 11) is 3.57. The van der Waals surface area contributed by atoms with Gasteiger partial charge in [-0.3, -0.25) is 14.9 Å². The third-order valence-corrected chi connectivity index (χ3v) is 6.27. The van der Waals surface area contributed by atoms with E-state index in [1.807, 2.05) is 18.0 Å². The number of rotatable bonds is 4. The Labute approximate surface area is 186 Å². The number of fused-ring (bicyclic) bond motifs is 1. The van der Waals surface area contributed by atoms with E-state index >= 15 is 0 Å². The van der Waals surface area contributed by atoms with Crippen LogP contribution in [0.1, 0.15) is 37.3 Å². The van der Waals surface area contributed by atoms with Crippen LogP contribution in [-0.4, -0.2) is 53.1 Å². The minimum absolute atomic E-state index is 0.0365. The van der Waals surface area contributed by atoms with Crippen molar-refractivity contribution in [1.82, 2.24) is 20.0 Å². The lowest BCUT2D eigenvalue weighted by atomic mass is 9.92. The van der Waals surface area contributed by atoms with Gasteiger partial charge in [0.1, 0.15) is 5.84 Å².